The molecule has 0 unspecified atom stereocenters. The largest absolute Gasteiger partial charge is 0.465 e. The topological polar surface area (TPSA) is 39.2 Å². The fraction of sp³-hybridized carbons (Fsp3) is 0.400. The number of aryl methyl sites for hydroxylation is 1. The maximum Gasteiger partial charge on any atom is 0.339 e. The van der Waals surface area contributed by atoms with Gasteiger partial charge in [-0.1, -0.05) is 15.9 Å². The number of esters is 1. The van der Waals surface area contributed by atoms with Gasteiger partial charge >= 0.3 is 5.97 Å². The summed E-state index contributed by atoms with van der Waals surface area (Å²) in [6, 6.07) is 1.38. The molecule has 0 saturated carbocycles. The Morgan fingerprint density at radius 2 is 2.25 bits per heavy atom. The first-order valence-electron chi connectivity index (χ1n) is 4.44. The lowest BCUT2D eigenvalue weighted by atomic mass is 10.1. The van der Waals surface area contributed by atoms with Crippen LogP contribution in [0.5, 0.6) is 0 Å². The summed E-state index contributed by atoms with van der Waals surface area (Å²) in [6.45, 7) is 1.50. The SMILES string of the molecule is COC(=O)c1cc(CBr)c(C(F)F)nc1C. The van der Waals surface area contributed by atoms with Crippen molar-refractivity contribution in [2.45, 2.75) is 18.7 Å². The highest BCUT2D eigenvalue weighted by atomic mass is 79.9. The Morgan fingerprint density at radius 3 is 2.69 bits per heavy atom. The number of aromatic nitrogens is 1. The number of methoxy groups -OCH3 is 1. The lowest BCUT2D eigenvalue weighted by Gasteiger charge is -2.10. The van der Waals surface area contributed by atoms with Gasteiger partial charge in [-0.3, -0.25) is 4.98 Å². The lowest BCUT2D eigenvalue weighted by Crippen LogP contribution is -2.09. The Hall–Kier alpha value is -1.04. The molecule has 6 heteroatoms. The molecule has 0 saturated heterocycles. The molecule has 0 aliphatic carbocycles. The van der Waals surface area contributed by atoms with E-state index in [9.17, 15) is 13.6 Å². The number of alkyl halides is 3. The summed E-state index contributed by atoms with van der Waals surface area (Å²) in [5.74, 6) is -0.576. The molecule has 0 bridgehead atoms. The molecule has 0 amide bonds. The number of ether oxygens (including phenoxy) is 1. The molecule has 1 aromatic rings. The summed E-state index contributed by atoms with van der Waals surface area (Å²) in [5, 5.41) is 0.212. The first-order valence-corrected chi connectivity index (χ1v) is 5.56. The number of rotatable bonds is 3. The first-order chi connectivity index (χ1) is 7.51. The summed E-state index contributed by atoms with van der Waals surface area (Å²) in [6.07, 6.45) is -2.65. The van der Waals surface area contributed by atoms with Crippen LogP contribution in [-0.4, -0.2) is 18.1 Å². The van der Waals surface area contributed by atoms with E-state index < -0.39 is 12.4 Å². The average molecular weight is 294 g/mol. The molecule has 0 spiro atoms. The van der Waals surface area contributed by atoms with Gasteiger partial charge in [-0.2, -0.15) is 0 Å². The van der Waals surface area contributed by atoms with Crippen LogP contribution in [0.15, 0.2) is 6.07 Å². The van der Waals surface area contributed by atoms with Gasteiger partial charge in [0.05, 0.1) is 18.4 Å². The van der Waals surface area contributed by atoms with E-state index in [1.807, 2.05) is 0 Å². The molecule has 3 nitrogen and oxygen atoms in total. The van der Waals surface area contributed by atoms with Gasteiger partial charge in [0.1, 0.15) is 5.69 Å². The van der Waals surface area contributed by atoms with Crippen LogP contribution in [0.1, 0.15) is 33.7 Å². The van der Waals surface area contributed by atoms with E-state index in [1.54, 1.807) is 0 Å². The van der Waals surface area contributed by atoms with Crippen molar-refractivity contribution >= 4 is 21.9 Å². The van der Waals surface area contributed by atoms with Gasteiger partial charge in [0.15, 0.2) is 0 Å². The molecule has 0 radical (unpaired) electrons. The first kappa shape index (κ1) is 13.0. The highest BCUT2D eigenvalue weighted by Crippen LogP contribution is 2.25. The highest BCUT2D eigenvalue weighted by molar-refractivity contribution is 9.08. The molecular weight excluding hydrogens is 284 g/mol. The number of carbonyl (C=O) groups is 1. The van der Waals surface area contributed by atoms with E-state index in [-0.39, 0.29) is 22.3 Å². The van der Waals surface area contributed by atoms with E-state index in [0.29, 0.717) is 5.56 Å². The van der Waals surface area contributed by atoms with Crippen LogP contribution in [0.3, 0.4) is 0 Å². The summed E-state index contributed by atoms with van der Waals surface area (Å²) in [5.41, 5.74) is 0.441. The summed E-state index contributed by atoms with van der Waals surface area (Å²) in [7, 11) is 1.23. The molecule has 0 aromatic carbocycles. The third kappa shape index (κ3) is 2.55. The van der Waals surface area contributed by atoms with Crippen molar-refractivity contribution in [1.82, 2.24) is 4.98 Å². The lowest BCUT2D eigenvalue weighted by molar-refractivity contribution is 0.0598. The van der Waals surface area contributed by atoms with Crippen molar-refractivity contribution in [2.24, 2.45) is 0 Å². The minimum atomic E-state index is -2.65. The maximum absolute atomic E-state index is 12.6. The normalized spacial score (nSPS) is 10.6. The molecule has 0 N–H and O–H groups in total. The predicted octanol–water partition coefficient (Wildman–Crippen LogP) is 3.01. The minimum absolute atomic E-state index is 0.210. The maximum atomic E-state index is 12.6. The van der Waals surface area contributed by atoms with Crippen molar-refractivity contribution in [3.8, 4) is 0 Å². The van der Waals surface area contributed by atoms with E-state index in [2.05, 4.69) is 25.7 Å². The van der Waals surface area contributed by atoms with Crippen LogP contribution in [0.25, 0.3) is 0 Å². The number of nitrogens with zero attached hydrogens (tertiary/aromatic N) is 1. The monoisotopic (exact) mass is 293 g/mol. The van der Waals surface area contributed by atoms with Crippen LogP contribution in [0.2, 0.25) is 0 Å². The summed E-state index contributed by atoms with van der Waals surface area (Å²) >= 11 is 3.08. The molecule has 1 heterocycles. The Kier molecular flexibility index (Phi) is 4.35. The average Bonchev–Trinajstić information content (AvgIpc) is 2.27. The molecule has 0 fully saturated rings. The van der Waals surface area contributed by atoms with Crippen molar-refractivity contribution in [2.75, 3.05) is 7.11 Å². The minimum Gasteiger partial charge on any atom is -0.465 e. The zero-order valence-electron chi connectivity index (χ0n) is 8.76. The van der Waals surface area contributed by atoms with Gasteiger partial charge in [0.2, 0.25) is 0 Å². The molecule has 1 rings (SSSR count). The predicted molar refractivity (Wildman–Crippen MR) is 57.9 cm³/mol. The zero-order chi connectivity index (χ0) is 12.3. The molecule has 0 aliphatic heterocycles. The second-order valence-corrected chi connectivity index (χ2v) is 3.65. The van der Waals surface area contributed by atoms with Gasteiger partial charge in [0.25, 0.3) is 6.43 Å². The molecule has 88 valence electrons. The van der Waals surface area contributed by atoms with Crippen molar-refractivity contribution in [3.05, 3.63) is 28.6 Å². The highest BCUT2D eigenvalue weighted by Gasteiger charge is 2.19. The summed E-state index contributed by atoms with van der Waals surface area (Å²) < 4.78 is 29.8. The van der Waals surface area contributed by atoms with Crippen molar-refractivity contribution in [3.63, 3.8) is 0 Å². The number of carbonyl (C=O) groups excluding carboxylic acids is 1. The Bertz CT molecular complexity index is 410. The van der Waals surface area contributed by atoms with Crippen LogP contribution in [-0.2, 0) is 10.1 Å². The molecule has 16 heavy (non-hydrogen) atoms. The van der Waals surface area contributed by atoms with Crippen molar-refractivity contribution < 1.29 is 18.3 Å². The van der Waals surface area contributed by atoms with Crippen LogP contribution < -0.4 is 0 Å². The van der Waals surface area contributed by atoms with Gasteiger partial charge < -0.3 is 4.74 Å². The quantitative estimate of drug-likeness (QED) is 0.635. The Morgan fingerprint density at radius 1 is 1.62 bits per heavy atom. The summed E-state index contributed by atoms with van der Waals surface area (Å²) in [4.78, 5) is 15.1. The van der Waals surface area contributed by atoms with Crippen LogP contribution in [0, 0.1) is 6.92 Å². The fourth-order valence-electron chi connectivity index (χ4n) is 1.28. The van der Waals surface area contributed by atoms with E-state index in [0.717, 1.165) is 0 Å². The Balaban J connectivity index is 3.31. The Labute approximate surface area is 99.9 Å². The standard InChI is InChI=1S/C10H10BrF2NO2/c1-5-7(10(15)16-2)3-6(4-11)8(14-5)9(12)13/h3,9H,4H2,1-2H3. The molecule has 0 aliphatic rings. The van der Waals surface area contributed by atoms with E-state index in [4.69, 9.17) is 0 Å². The smallest absolute Gasteiger partial charge is 0.339 e. The van der Waals surface area contributed by atoms with Crippen LogP contribution in [0.4, 0.5) is 8.78 Å². The van der Waals surface area contributed by atoms with Crippen molar-refractivity contribution in [1.29, 1.82) is 0 Å². The molecule has 0 atom stereocenters. The zero-order valence-corrected chi connectivity index (χ0v) is 10.3. The van der Waals surface area contributed by atoms with Gasteiger partial charge in [-0.25, -0.2) is 13.6 Å². The third-order valence-electron chi connectivity index (χ3n) is 2.08. The number of hydrogen-bond donors (Lipinski definition) is 0. The van der Waals surface area contributed by atoms with Gasteiger partial charge in [-0.05, 0) is 18.6 Å². The molecule has 1 aromatic heterocycles. The van der Waals surface area contributed by atoms with Gasteiger partial charge in [-0.15, -0.1) is 0 Å². The van der Waals surface area contributed by atoms with Crippen LogP contribution >= 0.6 is 15.9 Å². The second-order valence-electron chi connectivity index (χ2n) is 3.09. The van der Waals surface area contributed by atoms with E-state index in [1.165, 1.54) is 20.1 Å². The van der Waals surface area contributed by atoms with Gasteiger partial charge in [0, 0.05) is 5.33 Å². The van der Waals surface area contributed by atoms with E-state index >= 15 is 0 Å². The second kappa shape index (κ2) is 5.34. The fourth-order valence-corrected chi connectivity index (χ4v) is 1.73. The number of pyridine rings is 1. The number of hydrogen-bond acceptors (Lipinski definition) is 3. The number of halogens is 3. The third-order valence-corrected chi connectivity index (χ3v) is 2.69. The molecular formula is C10H10BrF2NO2.